The first-order valence-corrected chi connectivity index (χ1v) is 8.05. The molecule has 1 fully saturated rings. The number of nitrogens with zero attached hydrogens (tertiary/aromatic N) is 1. The van der Waals surface area contributed by atoms with Crippen LogP contribution in [0.5, 0.6) is 0 Å². The van der Waals surface area contributed by atoms with Crippen molar-refractivity contribution in [3.63, 3.8) is 0 Å². The van der Waals surface area contributed by atoms with Crippen molar-refractivity contribution in [1.82, 2.24) is 4.72 Å². The molecule has 0 spiro atoms. The lowest BCUT2D eigenvalue weighted by molar-refractivity contribution is 0.515. The van der Waals surface area contributed by atoms with E-state index >= 15 is 0 Å². The number of halogens is 2. The summed E-state index contributed by atoms with van der Waals surface area (Å²) in [7, 11) is -3.76. The zero-order chi connectivity index (χ0) is 14.0. The molecular formula is C12H12Cl2N2O2S. The molecule has 0 bridgehead atoms. The third-order valence-corrected chi connectivity index (χ3v) is 5.38. The van der Waals surface area contributed by atoms with Gasteiger partial charge >= 0.3 is 0 Å². The van der Waals surface area contributed by atoms with E-state index in [1.165, 1.54) is 18.2 Å². The third-order valence-electron chi connectivity index (χ3n) is 3.17. The van der Waals surface area contributed by atoms with Crippen molar-refractivity contribution in [3.8, 4) is 6.07 Å². The first-order valence-electron chi connectivity index (χ1n) is 5.81. The first-order chi connectivity index (χ1) is 8.94. The van der Waals surface area contributed by atoms with E-state index in [0.29, 0.717) is 17.9 Å². The summed E-state index contributed by atoms with van der Waals surface area (Å²) in [5.74, 6) is -0.285. The highest BCUT2D eigenvalue weighted by atomic mass is 35.5. The average molecular weight is 319 g/mol. The monoisotopic (exact) mass is 318 g/mol. The summed E-state index contributed by atoms with van der Waals surface area (Å²) in [5.41, 5.74) is 0. The SMILES string of the molecule is N#CC1CCCC1NS(=O)(=O)c1cc(Cl)ccc1Cl. The van der Waals surface area contributed by atoms with Crippen LogP contribution in [0.2, 0.25) is 10.0 Å². The van der Waals surface area contributed by atoms with E-state index in [4.69, 9.17) is 28.5 Å². The summed E-state index contributed by atoms with van der Waals surface area (Å²) in [4.78, 5) is -0.0507. The van der Waals surface area contributed by atoms with Crippen molar-refractivity contribution in [3.05, 3.63) is 28.2 Å². The fourth-order valence-electron chi connectivity index (χ4n) is 2.20. The zero-order valence-corrected chi connectivity index (χ0v) is 12.3. The largest absolute Gasteiger partial charge is 0.242 e. The third kappa shape index (κ3) is 3.21. The van der Waals surface area contributed by atoms with E-state index in [1.54, 1.807) is 0 Å². The molecule has 102 valence electrons. The van der Waals surface area contributed by atoms with Crippen LogP contribution < -0.4 is 4.72 Å². The fourth-order valence-corrected chi connectivity index (χ4v) is 4.28. The molecule has 0 aliphatic heterocycles. The first kappa shape index (κ1) is 14.6. The Bertz CT molecular complexity index is 625. The van der Waals surface area contributed by atoms with Crippen molar-refractivity contribution >= 4 is 33.2 Å². The highest BCUT2D eigenvalue weighted by Gasteiger charge is 2.32. The van der Waals surface area contributed by atoms with Gasteiger partial charge in [-0.2, -0.15) is 5.26 Å². The number of nitrogens with one attached hydrogen (secondary N) is 1. The van der Waals surface area contributed by atoms with Crippen molar-refractivity contribution < 1.29 is 8.42 Å². The second-order valence-corrected chi connectivity index (χ2v) is 7.00. The van der Waals surface area contributed by atoms with Gasteiger partial charge in [0.1, 0.15) is 4.90 Å². The van der Waals surface area contributed by atoms with Gasteiger partial charge < -0.3 is 0 Å². The molecule has 1 aromatic carbocycles. The molecule has 1 aromatic rings. The summed E-state index contributed by atoms with van der Waals surface area (Å²) >= 11 is 11.7. The van der Waals surface area contributed by atoms with Gasteiger partial charge in [-0.05, 0) is 31.0 Å². The Hall–Kier alpha value is -0.800. The molecular weight excluding hydrogens is 307 g/mol. The molecule has 0 heterocycles. The molecule has 2 rings (SSSR count). The van der Waals surface area contributed by atoms with Crippen LogP contribution in [0, 0.1) is 17.2 Å². The van der Waals surface area contributed by atoms with Crippen LogP contribution in [0.15, 0.2) is 23.1 Å². The van der Waals surface area contributed by atoms with E-state index < -0.39 is 10.0 Å². The smallest absolute Gasteiger partial charge is 0.207 e. The second kappa shape index (κ2) is 5.68. The van der Waals surface area contributed by atoms with Crippen LogP contribution in [0.4, 0.5) is 0 Å². The van der Waals surface area contributed by atoms with E-state index in [0.717, 1.165) is 6.42 Å². The molecule has 0 amide bonds. The topological polar surface area (TPSA) is 70.0 Å². The molecule has 1 aliphatic rings. The lowest BCUT2D eigenvalue weighted by atomic mass is 10.1. The van der Waals surface area contributed by atoms with Gasteiger partial charge in [-0.3, -0.25) is 0 Å². The van der Waals surface area contributed by atoms with Gasteiger partial charge in [0.15, 0.2) is 0 Å². The molecule has 0 saturated heterocycles. The molecule has 7 heteroatoms. The molecule has 2 atom stereocenters. The van der Waals surface area contributed by atoms with E-state index in [9.17, 15) is 8.42 Å². The molecule has 0 radical (unpaired) electrons. The predicted molar refractivity (Wildman–Crippen MR) is 73.5 cm³/mol. The normalized spacial score (nSPS) is 23.2. The maximum Gasteiger partial charge on any atom is 0.242 e. The number of benzene rings is 1. The minimum atomic E-state index is -3.76. The second-order valence-electron chi connectivity index (χ2n) is 4.47. The Morgan fingerprint density at radius 3 is 2.74 bits per heavy atom. The summed E-state index contributed by atoms with van der Waals surface area (Å²) < 4.78 is 27.1. The Morgan fingerprint density at radius 1 is 1.32 bits per heavy atom. The number of nitriles is 1. The number of hydrogen-bond donors (Lipinski definition) is 1. The standard InChI is InChI=1S/C12H12Cl2N2O2S/c13-9-4-5-10(14)12(6-9)19(17,18)16-11-3-1-2-8(11)7-15/h4-6,8,11,16H,1-3H2. The van der Waals surface area contributed by atoms with Gasteiger partial charge in [-0.25, -0.2) is 13.1 Å². The van der Waals surface area contributed by atoms with Crippen LogP contribution in [0.25, 0.3) is 0 Å². The molecule has 1 N–H and O–H groups in total. The van der Waals surface area contributed by atoms with Crippen molar-refractivity contribution in [2.24, 2.45) is 5.92 Å². The minimum absolute atomic E-state index is 0.0507. The summed E-state index contributed by atoms with van der Waals surface area (Å²) in [6.45, 7) is 0. The van der Waals surface area contributed by atoms with Crippen LogP contribution in [0.1, 0.15) is 19.3 Å². The molecule has 1 saturated carbocycles. The van der Waals surface area contributed by atoms with E-state index in [1.807, 2.05) is 0 Å². The fraction of sp³-hybridized carbons (Fsp3) is 0.417. The lowest BCUT2D eigenvalue weighted by Gasteiger charge is -2.16. The van der Waals surface area contributed by atoms with Gasteiger partial charge in [0.25, 0.3) is 0 Å². The van der Waals surface area contributed by atoms with E-state index in [2.05, 4.69) is 10.8 Å². The van der Waals surface area contributed by atoms with Crippen LogP contribution in [0.3, 0.4) is 0 Å². The molecule has 2 unspecified atom stereocenters. The van der Waals surface area contributed by atoms with Crippen LogP contribution in [-0.4, -0.2) is 14.5 Å². The minimum Gasteiger partial charge on any atom is -0.207 e. The number of sulfonamides is 1. The maximum absolute atomic E-state index is 12.3. The van der Waals surface area contributed by atoms with Crippen LogP contribution in [-0.2, 0) is 10.0 Å². The quantitative estimate of drug-likeness (QED) is 0.931. The van der Waals surface area contributed by atoms with Gasteiger partial charge in [-0.15, -0.1) is 0 Å². The predicted octanol–water partition coefficient (Wildman–Crippen LogP) is 2.96. The van der Waals surface area contributed by atoms with Gasteiger partial charge in [0, 0.05) is 11.1 Å². The molecule has 0 aromatic heterocycles. The highest BCUT2D eigenvalue weighted by molar-refractivity contribution is 7.89. The van der Waals surface area contributed by atoms with Gasteiger partial charge in [0.05, 0.1) is 17.0 Å². The van der Waals surface area contributed by atoms with Crippen LogP contribution >= 0.6 is 23.2 Å². The van der Waals surface area contributed by atoms with E-state index in [-0.39, 0.29) is 21.9 Å². The zero-order valence-electron chi connectivity index (χ0n) is 9.94. The Balaban J connectivity index is 2.28. The highest BCUT2D eigenvalue weighted by Crippen LogP contribution is 2.29. The maximum atomic E-state index is 12.3. The Labute approximate surface area is 122 Å². The van der Waals surface area contributed by atoms with Crippen molar-refractivity contribution in [2.45, 2.75) is 30.2 Å². The summed E-state index contributed by atoms with van der Waals surface area (Å²) in [6.07, 6.45) is 2.22. The average Bonchev–Trinajstić information content (AvgIpc) is 2.78. The summed E-state index contributed by atoms with van der Waals surface area (Å²) in [6, 6.07) is 6.04. The summed E-state index contributed by atoms with van der Waals surface area (Å²) in [5, 5.41) is 9.38. The van der Waals surface area contributed by atoms with Gasteiger partial charge in [-0.1, -0.05) is 29.6 Å². The molecule has 1 aliphatic carbocycles. The van der Waals surface area contributed by atoms with Gasteiger partial charge in [0.2, 0.25) is 10.0 Å². The number of rotatable bonds is 3. The Morgan fingerprint density at radius 2 is 2.05 bits per heavy atom. The van der Waals surface area contributed by atoms with Crippen molar-refractivity contribution in [1.29, 1.82) is 5.26 Å². The lowest BCUT2D eigenvalue weighted by Crippen LogP contribution is -2.37. The molecule has 19 heavy (non-hydrogen) atoms. The molecule has 4 nitrogen and oxygen atoms in total. The number of hydrogen-bond acceptors (Lipinski definition) is 3. The van der Waals surface area contributed by atoms with Crippen molar-refractivity contribution in [2.75, 3.05) is 0 Å². The Kier molecular flexibility index (Phi) is 4.36.